The van der Waals surface area contributed by atoms with Gasteiger partial charge in [0.15, 0.2) is 11.8 Å². The van der Waals surface area contributed by atoms with Crippen LogP contribution < -0.4 is 5.32 Å². The second-order valence-corrected chi connectivity index (χ2v) is 14.1. The van der Waals surface area contributed by atoms with Gasteiger partial charge in [0.25, 0.3) is 11.8 Å². The summed E-state index contributed by atoms with van der Waals surface area (Å²) in [6.45, 7) is 4.63. The van der Waals surface area contributed by atoms with Crippen LogP contribution in [0.4, 0.5) is 13.6 Å². The first-order valence-electron chi connectivity index (χ1n) is 16.0. The molecule has 1 saturated heterocycles. The number of aromatic nitrogens is 5. The average Bonchev–Trinajstić information content (AvgIpc) is 3.51. The molecule has 12 nitrogen and oxygen atoms in total. The number of carbonyl (C=O) groups is 2. The van der Waals surface area contributed by atoms with E-state index in [1.165, 1.54) is 11.2 Å². The molecule has 15 heteroatoms. The molecule has 1 aliphatic heterocycles. The van der Waals surface area contributed by atoms with Crippen molar-refractivity contribution in [3.8, 4) is 22.5 Å². The van der Waals surface area contributed by atoms with Gasteiger partial charge in [0.2, 0.25) is 0 Å². The number of amides is 2. The largest absolute Gasteiger partial charge is 0.447 e. The van der Waals surface area contributed by atoms with Crippen LogP contribution in [0.3, 0.4) is 0 Å². The van der Waals surface area contributed by atoms with Crippen molar-refractivity contribution in [1.82, 2.24) is 40.1 Å². The van der Waals surface area contributed by atoms with Crippen molar-refractivity contribution in [3.63, 3.8) is 0 Å². The molecule has 3 N–H and O–H groups in total. The van der Waals surface area contributed by atoms with Crippen LogP contribution in [0, 0.1) is 10.8 Å². The second kappa shape index (κ2) is 13.6. The number of H-pyrrole nitrogens is 1. The molecule has 1 saturated carbocycles. The summed E-state index contributed by atoms with van der Waals surface area (Å²) >= 11 is 6.52. The third kappa shape index (κ3) is 8.07. The minimum absolute atomic E-state index is 0.0539. The number of carbonyl (C=O) groups excluding carboxylic acids is 2. The zero-order valence-electron chi connectivity index (χ0n) is 27.4. The van der Waals surface area contributed by atoms with E-state index in [2.05, 4.69) is 46.4 Å². The maximum Gasteiger partial charge on any atom is 0.410 e. The standard InChI is InChI=1S/C34H38ClF2N9O3/c1-33(2,3)12-13-39-31(38)46(30(47)22-6-4-21(5-7-22)24-15-42-45(16-24)25-9-10-25)28(17-49-32(48)44-18-34(36,37)19-44)23-8-11-27(35)26(14-23)29-40-20-41-43-29/h4-8,11,14-16,20,25,28H,9-10,12-13,17-19H2,1-3H3,(H2,38,39)(H,40,41,43)/t28-/m1/s1. The van der Waals surface area contributed by atoms with Crippen LogP contribution in [0.5, 0.6) is 0 Å². The van der Waals surface area contributed by atoms with Crippen LogP contribution in [-0.4, -0.2) is 84.9 Å². The summed E-state index contributed by atoms with van der Waals surface area (Å²) in [5, 5.41) is 23.7. The molecule has 49 heavy (non-hydrogen) atoms. The van der Waals surface area contributed by atoms with E-state index in [1.807, 2.05) is 23.0 Å². The van der Waals surface area contributed by atoms with Crippen molar-refractivity contribution >= 4 is 29.6 Å². The van der Waals surface area contributed by atoms with E-state index in [-0.39, 0.29) is 16.9 Å². The lowest BCUT2D eigenvalue weighted by Crippen LogP contribution is -2.58. The number of hydrogen-bond donors (Lipinski definition) is 3. The molecule has 0 bridgehead atoms. The number of nitrogens with one attached hydrogen (secondary N) is 3. The molecule has 0 unspecified atom stereocenters. The number of benzene rings is 2. The maximum absolute atomic E-state index is 14.4. The zero-order valence-corrected chi connectivity index (χ0v) is 28.2. The Morgan fingerprint density at radius 3 is 2.53 bits per heavy atom. The van der Waals surface area contributed by atoms with E-state index in [1.54, 1.807) is 36.5 Å². The first-order valence-corrected chi connectivity index (χ1v) is 16.4. The fourth-order valence-electron chi connectivity index (χ4n) is 5.48. The molecular formula is C34H38ClF2N9O3. The molecule has 6 rings (SSSR count). The van der Waals surface area contributed by atoms with Gasteiger partial charge in [0.1, 0.15) is 12.9 Å². The smallest absolute Gasteiger partial charge is 0.410 e. The Kier molecular flexibility index (Phi) is 9.43. The Hall–Kier alpha value is -4.85. The third-order valence-corrected chi connectivity index (χ3v) is 8.77. The first kappa shape index (κ1) is 34.0. The Labute approximate surface area is 287 Å². The Morgan fingerprint density at radius 1 is 1.16 bits per heavy atom. The van der Waals surface area contributed by atoms with Crippen molar-refractivity contribution in [2.45, 2.75) is 58.0 Å². The number of hydrogen-bond acceptors (Lipinski definition) is 7. The summed E-state index contributed by atoms with van der Waals surface area (Å²) in [7, 11) is 0. The summed E-state index contributed by atoms with van der Waals surface area (Å²) in [4.78, 5) is 33.6. The minimum Gasteiger partial charge on any atom is -0.447 e. The lowest BCUT2D eigenvalue weighted by Gasteiger charge is -2.38. The number of nitrogens with zero attached hydrogens (tertiary/aromatic N) is 6. The summed E-state index contributed by atoms with van der Waals surface area (Å²) in [6.07, 6.45) is 7.06. The molecular weight excluding hydrogens is 656 g/mol. The van der Waals surface area contributed by atoms with E-state index < -0.39 is 43.7 Å². The molecule has 3 heterocycles. The number of guanidine groups is 1. The van der Waals surface area contributed by atoms with Gasteiger partial charge < -0.3 is 10.1 Å². The normalized spacial score (nSPS) is 16.1. The zero-order chi connectivity index (χ0) is 34.9. The van der Waals surface area contributed by atoms with Gasteiger partial charge >= 0.3 is 6.09 Å². The van der Waals surface area contributed by atoms with E-state index in [4.69, 9.17) is 21.7 Å². The average molecular weight is 694 g/mol. The van der Waals surface area contributed by atoms with Gasteiger partial charge in [-0.25, -0.2) is 18.6 Å². The molecule has 1 aliphatic carbocycles. The molecule has 0 radical (unpaired) electrons. The fourth-order valence-corrected chi connectivity index (χ4v) is 5.69. The number of ether oxygens (including phenoxy) is 1. The van der Waals surface area contributed by atoms with Crippen LogP contribution in [-0.2, 0) is 4.74 Å². The van der Waals surface area contributed by atoms with Crippen LogP contribution in [0.1, 0.15) is 68.0 Å². The molecule has 2 aromatic carbocycles. The summed E-state index contributed by atoms with van der Waals surface area (Å²) in [6, 6.07) is 11.3. The predicted molar refractivity (Wildman–Crippen MR) is 179 cm³/mol. The number of alkyl halides is 2. The van der Waals surface area contributed by atoms with Crippen molar-refractivity contribution in [1.29, 1.82) is 5.41 Å². The predicted octanol–water partition coefficient (Wildman–Crippen LogP) is 6.56. The topological polar surface area (TPSA) is 145 Å². The van der Waals surface area contributed by atoms with Crippen LogP contribution in [0.2, 0.25) is 5.02 Å². The third-order valence-electron chi connectivity index (χ3n) is 8.44. The van der Waals surface area contributed by atoms with E-state index in [9.17, 15) is 18.4 Å². The van der Waals surface area contributed by atoms with Gasteiger partial charge in [-0.3, -0.25) is 29.8 Å². The summed E-state index contributed by atoms with van der Waals surface area (Å²) in [5.74, 6) is -3.38. The fraction of sp³-hybridized carbons (Fsp3) is 0.412. The van der Waals surface area contributed by atoms with Crippen LogP contribution in [0.25, 0.3) is 22.5 Å². The molecule has 4 aromatic rings. The molecule has 2 fully saturated rings. The Bertz CT molecular complexity index is 1810. The van der Waals surface area contributed by atoms with Gasteiger partial charge in [-0.2, -0.15) is 10.2 Å². The number of aromatic amines is 1. The van der Waals surface area contributed by atoms with E-state index in [0.717, 1.165) is 28.9 Å². The van der Waals surface area contributed by atoms with Crippen LogP contribution in [0.15, 0.2) is 61.2 Å². The maximum atomic E-state index is 14.4. The van der Waals surface area contributed by atoms with E-state index in [0.29, 0.717) is 41.0 Å². The van der Waals surface area contributed by atoms with Crippen molar-refractivity contribution in [2.75, 3.05) is 26.2 Å². The van der Waals surface area contributed by atoms with Gasteiger partial charge in [0.05, 0.1) is 36.4 Å². The lowest BCUT2D eigenvalue weighted by molar-refractivity contribution is -0.120. The first-order chi connectivity index (χ1) is 23.3. The Balaban J connectivity index is 1.34. The minimum atomic E-state index is -2.98. The van der Waals surface area contributed by atoms with Crippen molar-refractivity contribution < 1.29 is 23.1 Å². The van der Waals surface area contributed by atoms with Gasteiger partial charge in [-0.15, -0.1) is 0 Å². The van der Waals surface area contributed by atoms with Gasteiger partial charge in [0, 0.05) is 29.4 Å². The highest BCUT2D eigenvalue weighted by Gasteiger charge is 2.47. The quantitative estimate of drug-likeness (QED) is 0.126. The second-order valence-electron chi connectivity index (χ2n) is 13.7. The molecule has 258 valence electrons. The van der Waals surface area contributed by atoms with Gasteiger partial charge in [-0.05, 0) is 60.1 Å². The van der Waals surface area contributed by atoms with Crippen molar-refractivity contribution in [2.24, 2.45) is 5.41 Å². The van der Waals surface area contributed by atoms with Crippen LogP contribution >= 0.6 is 11.6 Å². The highest BCUT2D eigenvalue weighted by atomic mass is 35.5. The molecule has 2 aromatic heterocycles. The monoisotopic (exact) mass is 693 g/mol. The highest BCUT2D eigenvalue weighted by Crippen LogP contribution is 2.36. The summed E-state index contributed by atoms with van der Waals surface area (Å²) in [5.41, 5.74) is 2.94. The Morgan fingerprint density at radius 2 is 1.90 bits per heavy atom. The number of halogens is 3. The summed E-state index contributed by atoms with van der Waals surface area (Å²) < 4.78 is 34.6. The molecule has 2 aliphatic rings. The lowest BCUT2D eigenvalue weighted by atomic mass is 9.92. The molecule has 0 spiro atoms. The highest BCUT2D eigenvalue weighted by molar-refractivity contribution is 6.33. The van der Waals surface area contributed by atoms with Crippen molar-refractivity contribution in [3.05, 3.63) is 77.3 Å². The number of likely N-dealkylation sites (tertiary alicyclic amines) is 1. The molecule has 1 atom stereocenters. The van der Waals surface area contributed by atoms with Gasteiger partial charge in [-0.1, -0.05) is 50.6 Å². The number of rotatable bonds is 10. The van der Waals surface area contributed by atoms with E-state index >= 15 is 0 Å². The molecule has 2 amide bonds. The SMILES string of the molecule is CC(C)(C)CCNC(=N)N(C(=O)c1ccc(-c2cnn(C3CC3)c2)cc1)[C@H](COC(=O)N1CC(F)(F)C1)c1ccc(Cl)c(-c2ncn[nH]2)c1.